The number of nitrogens with zero attached hydrogens (tertiary/aromatic N) is 4. The van der Waals surface area contributed by atoms with E-state index in [9.17, 15) is 4.79 Å². The van der Waals surface area contributed by atoms with E-state index < -0.39 is 0 Å². The molecule has 154 valence electrons. The maximum atomic E-state index is 12.9. The zero-order chi connectivity index (χ0) is 20.7. The maximum absolute atomic E-state index is 12.9. The Balaban J connectivity index is 1.76. The van der Waals surface area contributed by atoms with Crippen molar-refractivity contribution in [2.24, 2.45) is 0 Å². The van der Waals surface area contributed by atoms with E-state index in [0.717, 1.165) is 61.3 Å². The van der Waals surface area contributed by atoms with Gasteiger partial charge in [-0.1, -0.05) is 12.1 Å². The third-order valence-electron chi connectivity index (χ3n) is 6.05. The van der Waals surface area contributed by atoms with Crippen molar-refractivity contribution in [3.05, 3.63) is 35.5 Å². The molecule has 0 amide bonds. The molecule has 0 saturated carbocycles. The van der Waals surface area contributed by atoms with Crippen LogP contribution in [0.2, 0.25) is 0 Å². The number of nitrogen functional groups attached to an aromatic ring is 1. The minimum absolute atomic E-state index is 0.107. The van der Waals surface area contributed by atoms with Crippen LogP contribution in [0.5, 0.6) is 5.75 Å². The number of piperidine rings is 1. The van der Waals surface area contributed by atoms with Crippen LogP contribution in [-0.4, -0.2) is 40.9 Å². The third kappa shape index (κ3) is 3.14. The Kier molecular flexibility index (Phi) is 4.73. The molecule has 0 unspecified atom stereocenters. The van der Waals surface area contributed by atoms with Crippen LogP contribution in [0, 0.1) is 0 Å². The minimum atomic E-state index is 0.107. The molecule has 2 N–H and O–H groups in total. The molecule has 0 atom stereocenters. The number of pyridine rings is 1. The van der Waals surface area contributed by atoms with Crippen LogP contribution in [0.1, 0.15) is 48.2 Å². The van der Waals surface area contributed by atoms with Gasteiger partial charge in [-0.05, 0) is 49.8 Å². The van der Waals surface area contributed by atoms with Gasteiger partial charge in [-0.25, -0.2) is 4.98 Å². The number of hydrogen-bond donors (Lipinski definition) is 1. The highest BCUT2D eigenvalue weighted by molar-refractivity contribution is 6.13. The van der Waals surface area contributed by atoms with Crippen molar-refractivity contribution in [3.8, 4) is 16.9 Å². The SMILES string of the molecule is COc1ccc(-c2c3c(nc4nc(N5CCCCC5)nc(N)c24)CCCC3=O)cc1. The fraction of sp³-hybridized carbons (Fsp3) is 0.391. The van der Waals surface area contributed by atoms with Crippen LogP contribution in [-0.2, 0) is 6.42 Å². The number of Topliss-reactive ketones (excluding diaryl/α,β-unsaturated/α-hetero) is 1. The first-order valence-electron chi connectivity index (χ1n) is 10.6. The molecule has 0 bridgehead atoms. The van der Waals surface area contributed by atoms with Crippen molar-refractivity contribution in [1.82, 2.24) is 15.0 Å². The highest BCUT2D eigenvalue weighted by Gasteiger charge is 2.28. The second-order valence-electron chi connectivity index (χ2n) is 7.97. The quantitative estimate of drug-likeness (QED) is 0.711. The van der Waals surface area contributed by atoms with E-state index in [-0.39, 0.29) is 5.78 Å². The molecule has 1 fully saturated rings. The van der Waals surface area contributed by atoms with Crippen molar-refractivity contribution in [3.63, 3.8) is 0 Å². The monoisotopic (exact) mass is 403 g/mol. The largest absolute Gasteiger partial charge is 0.497 e. The summed E-state index contributed by atoms with van der Waals surface area (Å²) in [4.78, 5) is 29.3. The number of rotatable bonds is 3. The number of carbonyl (C=O) groups is 1. The topological polar surface area (TPSA) is 94.2 Å². The number of methoxy groups -OCH3 is 1. The van der Waals surface area contributed by atoms with Gasteiger partial charge in [0.25, 0.3) is 0 Å². The Hall–Kier alpha value is -3.22. The van der Waals surface area contributed by atoms with Crippen molar-refractivity contribution in [2.45, 2.75) is 38.5 Å². The molecule has 3 aromatic rings. The Morgan fingerprint density at radius 2 is 1.70 bits per heavy atom. The molecule has 0 radical (unpaired) electrons. The molecule has 7 nitrogen and oxygen atoms in total. The predicted molar refractivity (Wildman–Crippen MR) is 117 cm³/mol. The summed E-state index contributed by atoms with van der Waals surface area (Å²) >= 11 is 0. The van der Waals surface area contributed by atoms with Crippen molar-refractivity contribution in [2.75, 3.05) is 30.8 Å². The molecule has 30 heavy (non-hydrogen) atoms. The number of carbonyl (C=O) groups excluding carboxylic acids is 1. The number of anilines is 2. The first-order chi connectivity index (χ1) is 14.7. The number of aromatic nitrogens is 3. The van der Waals surface area contributed by atoms with E-state index in [1.54, 1.807) is 7.11 Å². The summed E-state index contributed by atoms with van der Waals surface area (Å²) in [6.45, 7) is 1.86. The molecule has 5 rings (SSSR count). The van der Waals surface area contributed by atoms with Crippen LogP contribution in [0.4, 0.5) is 11.8 Å². The molecular weight excluding hydrogens is 378 g/mol. The second kappa shape index (κ2) is 7.55. The Labute approximate surface area is 175 Å². The lowest BCUT2D eigenvalue weighted by atomic mass is 9.86. The van der Waals surface area contributed by atoms with Crippen LogP contribution in [0.25, 0.3) is 22.2 Å². The van der Waals surface area contributed by atoms with Crippen LogP contribution < -0.4 is 15.4 Å². The average molecular weight is 403 g/mol. The number of fused-ring (bicyclic) bond motifs is 2. The molecule has 1 aliphatic carbocycles. The molecule has 7 heteroatoms. The summed E-state index contributed by atoms with van der Waals surface area (Å²) in [7, 11) is 1.64. The van der Waals surface area contributed by atoms with Crippen LogP contribution >= 0.6 is 0 Å². The normalized spacial score (nSPS) is 16.6. The molecule has 0 spiro atoms. The van der Waals surface area contributed by atoms with E-state index in [1.807, 2.05) is 24.3 Å². The molecule has 1 aliphatic heterocycles. The highest BCUT2D eigenvalue weighted by atomic mass is 16.5. The number of aryl methyl sites for hydroxylation is 1. The highest BCUT2D eigenvalue weighted by Crippen LogP contribution is 2.39. The Morgan fingerprint density at radius 3 is 2.43 bits per heavy atom. The summed E-state index contributed by atoms with van der Waals surface area (Å²) in [6, 6.07) is 7.68. The molecular formula is C23H25N5O2. The second-order valence-corrected chi connectivity index (χ2v) is 7.97. The fourth-order valence-electron chi connectivity index (χ4n) is 4.53. The van der Waals surface area contributed by atoms with Gasteiger partial charge < -0.3 is 15.4 Å². The van der Waals surface area contributed by atoms with Crippen LogP contribution in [0.3, 0.4) is 0 Å². The Morgan fingerprint density at radius 1 is 0.933 bits per heavy atom. The molecule has 2 aromatic heterocycles. The standard InChI is InChI=1S/C23H25N5O2/c1-30-15-10-8-14(9-11-15)18-19-16(6-5-7-17(19)29)25-22-20(18)21(24)26-23(27-22)28-12-3-2-4-13-28/h8-11H,2-7,12-13H2,1H3,(H2,24,25,26,27). The Bertz CT molecular complexity index is 1120. The van der Waals surface area contributed by atoms with Gasteiger partial charge in [0.1, 0.15) is 11.6 Å². The average Bonchev–Trinajstić information content (AvgIpc) is 2.78. The summed E-state index contributed by atoms with van der Waals surface area (Å²) in [5.41, 5.74) is 10.2. The molecule has 3 heterocycles. The summed E-state index contributed by atoms with van der Waals surface area (Å²) in [5.74, 6) is 1.87. The van der Waals surface area contributed by atoms with Gasteiger partial charge in [0.15, 0.2) is 11.4 Å². The lowest BCUT2D eigenvalue weighted by molar-refractivity contribution is 0.0972. The zero-order valence-electron chi connectivity index (χ0n) is 17.1. The van der Waals surface area contributed by atoms with Gasteiger partial charge in [0.05, 0.1) is 18.2 Å². The van der Waals surface area contributed by atoms with E-state index in [0.29, 0.717) is 34.8 Å². The zero-order valence-corrected chi connectivity index (χ0v) is 17.1. The fourth-order valence-corrected chi connectivity index (χ4v) is 4.53. The third-order valence-corrected chi connectivity index (χ3v) is 6.05. The maximum Gasteiger partial charge on any atom is 0.229 e. The van der Waals surface area contributed by atoms with Gasteiger partial charge in [0, 0.05) is 30.6 Å². The number of nitrogens with two attached hydrogens (primary N) is 1. The van der Waals surface area contributed by atoms with Gasteiger partial charge in [0.2, 0.25) is 5.95 Å². The predicted octanol–water partition coefficient (Wildman–Crippen LogP) is 3.79. The van der Waals surface area contributed by atoms with Crippen molar-refractivity contribution in [1.29, 1.82) is 0 Å². The van der Waals surface area contributed by atoms with Gasteiger partial charge in [-0.15, -0.1) is 0 Å². The van der Waals surface area contributed by atoms with Crippen LogP contribution in [0.15, 0.2) is 24.3 Å². The minimum Gasteiger partial charge on any atom is -0.497 e. The van der Waals surface area contributed by atoms with E-state index in [4.69, 9.17) is 20.4 Å². The van der Waals surface area contributed by atoms with Crippen molar-refractivity contribution >= 4 is 28.6 Å². The van der Waals surface area contributed by atoms with Crippen molar-refractivity contribution < 1.29 is 9.53 Å². The number of hydrogen-bond acceptors (Lipinski definition) is 7. The lowest BCUT2D eigenvalue weighted by Gasteiger charge is -2.27. The lowest BCUT2D eigenvalue weighted by Crippen LogP contribution is -2.31. The summed E-state index contributed by atoms with van der Waals surface area (Å²) in [6.07, 6.45) is 5.59. The van der Waals surface area contributed by atoms with E-state index >= 15 is 0 Å². The molecule has 1 aromatic carbocycles. The smallest absolute Gasteiger partial charge is 0.229 e. The van der Waals surface area contributed by atoms with E-state index in [2.05, 4.69) is 9.88 Å². The first-order valence-corrected chi connectivity index (χ1v) is 10.6. The number of ether oxygens (including phenoxy) is 1. The number of ketones is 1. The summed E-state index contributed by atoms with van der Waals surface area (Å²) in [5, 5.41) is 0.662. The summed E-state index contributed by atoms with van der Waals surface area (Å²) < 4.78 is 5.30. The van der Waals surface area contributed by atoms with Gasteiger partial charge in [-0.3, -0.25) is 4.79 Å². The molecule has 1 saturated heterocycles. The van der Waals surface area contributed by atoms with Gasteiger partial charge >= 0.3 is 0 Å². The number of benzene rings is 1. The molecule has 2 aliphatic rings. The van der Waals surface area contributed by atoms with E-state index in [1.165, 1.54) is 6.42 Å². The van der Waals surface area contributed by atoms with Gasteiger partial charge in [-0.2, -0.15) is 9.97 Å². The first kappa shape index (κ1) is 18.8.